The van der Waals surface area contributed by atoms with Crippen LogP contribution in [0.25, 0.3) is 22.6 Å². The van der Waals surface area contributed by atoms with Gasteiger partial charge in [-0.1, -0.05) is 30.3 Å². The molecule has 1 aliphatic rings. The van der Waals surface area contributed by atoms with Crippen LogP contribution in [0.15, 0.2) is 65.3 Å². The predicted octanol–water partition coefficient (Wildman–Crippen LogP) is 5.37. The molecule has 4 aromatic rings. The third kappa shape index (κ3) is 3.86. The van der Waals surface area contributed by atoms with E-state index in [9.17, 15) is 13.2 Å². The minimum absolute atomic E-state index is 0.0602. The molecular weight excluding hydrogens is 407 g/mol. The molecule has 2 heterocycles. The summed E-state index contributed by atoms with van der Waals surface area (Å²) >= 11 is 0. The summed E-state index contributed by atoms with van der Waals surface area (Å²) in [6.45, 7) is 0. The van der Waals surface area contributed by atoms with E-state index in [0.29, 0.717) is 11.5 Å². The molecule has 5 rings (SSSR count). The number of rotatable bonds is 6. The van der Waals surface area contributed by atoms with Crippen molar-refractivity contribution in [3.8, 4) is 22.6 Å². The summed E-state index contributed by atoms with van der Waals surface area (Å²) < 4.78 is 43.4. The highest BCUT2D eigenvalue weighted by Gasteiger charge is 2.45. The van der Waals surface area contributed by atoms with Crippen molar-refractivity contribution in [2.75, 3.05) is 5.32 Å². The van der Waals surface area contributed by atoms with Gasteiger partial charge in [0.2, 0.25) is 5.95 Å². The summed E-state index contributed by atoms with van der Waals surface area (Å²) in [6, 6.07) is 14.4. The number of hydrogen-bond donors (Lipinski definition) is 1. The molecule has 0 bridgehead atoms. The maximum absolute atomic E-state index is 13.2. The minimum atomic E-state index is -2.83. The number of aromatic nitrogens is 4. The molecule has 1 fully saturated rings. The van der Waals surface area contributed by atoms with Crippen LogP contribution in [0.2, 0.25) is 0 Å². The number of nitrogens with zero attached hydrogens (tertiary/aromatic N) is 4. The highest BCUT2D eigenvalue weighted by molar-refractivity contribution is 5.65. The zero-order valence-electron chi connectivity index (χ0n) is 16.1. The van der Waals surface area contributed by atoms with E-state index >= 15 is 0 Å². The van der Waals surface area contributed by atoms with Gasteiger partial charge in [-0.3, -0.25) is 0 Å². The molecule has 0 aliphatic heterocycles. The Hall–Kier alpha value is -3.75. The van der Waals surface area contributed by atoms with Crippen molar-refractivity contribution < 1.29 is 17.6 Å². The topological polar surface area (TPSA) is 76.7 Å². The van der Waals surface area contributed by atoms with E-state index in [2.05, 4.69) is 31.5 Å². The van der Waals surface area contributed by atoms with Crippen LogP contribution >= 0.6 is 0 Å². The van der Waals surface area contributed by atoms with Gasteiger partial charge in [-0.2, -0.15) is 8.78 Å². The van der Waals surface area contributed by atoms with Crippen LogP contribution in [0.4, 0.5) is 19.1 Å². The Balaban J connectivity index is 1.35. The monoisotopic (exact) mass is 423 g/mol. The molecule has 1 N–H and O–H groups in total. The predicted molar refractivity (Wildman–Crippen MR) is 107 cm³/mol. The third-order valence-electron chi connectivity index (χ3n) is 5.22. The summed E-state index contributed by atoms with van der Waals surface area (Å²) in [5, 5.41) is 10.3. The zero-order valence-corrected chi connectivity index (χ0v) is 16.1. The second-order valence-corrected chi connectivity index (χ2v) is 7.34. The molecule has 156 valence electrons. The lowest BCUT2D eigenvalue weighted by Gasteiger charge is -2.19. The van der Waals surface area contributed by atoms with E-state index in [0.717, 1.165) is 29.5 Å². The Morgan fingerprint density at radius 2 is 1.65 bits per heavy atom. The van der Waals surface area contributed by atoms with Crippen molar-refractivity contribution >= 4 is 5.95 Å². The first-order valence-corrected chi connectivity index (χ1v) is 9.61. The highest BCUT2D eigenvalue weighted by atomic mass is 19.3. The molecule has 2 aromatic heterocycles. The number of anilines is 1. The van der Waals surface area contributed by atoms with E-state index in [-0.39, 0.29) is 17.2 Å². The zero-order chi connectivity index (χ0) is 21.4. The molecule has 0 amide bonds. The average Bonchev–Trinajstić information content (AvgIpc) is 3.39. The van der Waals surface area contributed by atoms with Gasteiger partial charge in [0, 0.05) is 12.4 Å². The Kier molecular flexibility index (Phi) is 4.65. The largest absolute Gasteiger partial charge is 0.415 e. The molecule has 2 aromatic carbocycles. The Bertz CT molecular complexity index is 1200. The van der Waals surface area contributed by atoms with Gasteiger partial charge in [-0.05, 0) is 47.7 Å². The molecule has 0 atom stereocenters. The second kappa shape index (κ2) is 7.50. The molecule has 9 heteroatoms. The molecular formula is C22H16F3N5O. The van der Waals surface area contributed by atoms with E-state index in [1.54, 1.807) is 12.1 Å². The van der Waals surface area contributed by atoms with Crippen molar-refractivity contribution in [2.24, 2.45) is 0 Å². The van der Waals surface area contributed by atoms with Gasteiger partial charge < -0.3 is 9.73 Å². The second-order valence-electron chi connectivity index (χ2n) is 7.34. The van der Waals surface area contributed by atoms with Crippen molar-refractivity contribution in [3.63, 3.8) is 0 Å². The summed E-state index contributed by atoms with van der Waals surface area (Å²) in [7, 11) is 0. The Morgan fingerprint density at radius 3 is 2.29 bits per heavy atom. The molecule has 1 saturated carbocycles. The van der Waals surface area contributed by atoms with Crippen LogP contribution in [0.3, 0.4) is 0 Å². The average molecular weight is 423 g/mol. The summed E-state index contributed by atoms with van der Waals surface area (Å²) in [4.78, 5) is 8.54. The first kappa shape index (κ1) is 19.2. The third-order valence-corrected chi connectivity index (χ3v) is 5.22. The van der Waals surface area contributed by atoms with Crippen LogP contribution in [-0.4, -0.2) is 20.2 Å². The Labute approximate surface area is 175 Å². The molecule has 0 spiro atoms. The van der Waals surface area contributed by atoms with E-state index in [1.165, 1.54) is 24.5 Å². The van der Waals surface area contributed by atoms with Crippen molar-refractivity contribution in [3.05, 3.63) is 78.2 Å². The van der Waals surface area contributed by atoms with Gasteiger partial charge in [0.15, 0.2) is 0 Å². The first-order chi connectivity index (χ1) is 15.0. The summed E-state index contributed by atoms with van der Waals surface area (Å²) in [5.41, 5.74) is 3.08. The molecule has 0 unspecified atom stereocenters. The number of benzene rings is 2. The molecule has 6 nitrogen and oxygen atoms in total. The SMILES string of the molecule is Fc1ccc(-c2cccc(C3(Nc4ncc(-c5nnc(C(F)F)o5)cn4)CC3)c2)cc1. The Morgan fingerprint density at radius 1 is 0.903 bits per heavy atom. The smallest absolute Gasteiger partial charge is 0.314 e. The van der Waals surface area contributed by atoms with Crippen molar-refractivity contribution in [2.45, 2.75) is 24.8 Å². The standard InChI is InChI=1S/C22H16F3N5O/c23-17-6-4-13(5-7-17)14-2-1-3-16(10-14)22(8-9-22)28-21-26-11-15(12-27-21)19-29-30-20(31-19)18(24)25/h1-7,10-12,18H,8-9H2,(H,26,27,28). The van der Waals surface area contributed by atoms with Gasteiger partial charge in [-0.25, -0.2) is 14.4 Å². The fourth-order valence-electron chi connectivity index (χ4n) is 3.41. The van der Waals surface area contributed by atoms with Gasteiger partial charge in [0.1, 0.15) is 5.82 Å². The van der Waals surface area contributed by atoms with Crippen LogP contribution < -0.4 is 5.32 Å². The lowest BCUT2D eigenvalue weighted by Crippen LogP contribution is -2.20. The van der Waals surface area contributed by atoms with E-state index in [4.69, 9.17) is 4.42 Å². The number of hydrogen-bond acceptors (Lipinski definition) is 6. The van der Waals surface area contributed by atoms with Gasteiger partial charge in [0.25, 0.3) is 11.8 Å². The van der Waals surface area contributed by atoms with Crippen molar-refractivity contribution in [1.29, 1.82) is 0 Å². The van der Waals surface area contributed by atoms with Crippen LogP contribution in [-0.2, 0) is 5.54 Å². The quantitative estimate of drug-likeness (QED) is 0.449. The maximum atomic E-state index is 13.2. The number of halogens is 3. The maximum Gasteiger partial charge on any atom is 0.314 e. The van der Waals surface area contributed by atoms with E-state index < -0.39 is 12.3 Å². The van der Waals surface area contributed by atoms with Gasteiger partial charge in [-0.15, -0.1) is 10.2 Å². The fourth-order valence-corrected chi connectivity index (χ4v) is 3.41. The van der Waals surface area contributed by atoms with Gasteiger partial charge >= 0.3 is 6.43 Å². The van der Waals surface area contributed by atoms with Crippen LogP contribution in [0.5, 0.6) is 0 Å². The normalized spacial score (nSPS) is 14.6. The van der Waals surface area contributed by atoms with Gasteiger partial charge in [0.05, 0.1) is 11.1 Å². The fraction of sp³-hybridized carbons (Fsp3) is 0.182. The van der Waals surface area contributed by atoms with E-state index in [1.807, 2.05) is 18.2 Å². The summed E-state index contributed by atoms with van der Waals surface area (Å²) in [5.74, 6) is -0.668. The van der Waals surface area contributed by atoms with Crippen LogP contribution in [0.1, 0.15) is 30.7 Å². The number of nitrogens with one attached hydrogen (secondary N) is 1. The number of alkyl halides is 2. The van der Waals surface area contributed by atoms with Crippen molar-refractivity contribution in [1.82, 2.24) is 20.2 Å². The lowest BCUT2D eigenvalue weighted by atomic mass is 9.98. The molecule has 31 heavy (non-hydrogen) atoms. The minimum Gasteiger partial charge on any atom is -0.415 e. The molecule has 0 saturated heterocycles. The molecule has 1 aliphatic carbocycles. The van der Waals surface area contributed by atoms with Crippen LogP contribution in [0, 0.1) is 5.82 Å². The first-order valence-electron chi connectivity index (χ1n) is 9.61. The summed E-state index contributed by atoms with van der Waals surface area (Å²) in [6.07, 6.45) is 1.88. The highest BCUT2D eigenvalue weighted by Crippen LogP contribution is 2.48. The lowest BCUT2D eigenvalue weighted by molar-refractivity contribution is 0.116. The molecule has 0 radical (unpaired) electrons.